The molecular formula is C60H42N2O. The van der Waals surface area contributed by atoms with Crippen LogP contribution < -0.4 is 11.5 Å². The molecule has 11 aromatic rings. The molecule has 0 spiro atoms. The lowest BCUT2D eigenvalue weighted by Crippen LogP contribution is -1.96. The van der Waals surface area contributed by atoms with Crippen LogP contribution in [0.25, 0.3) is 111 Å². The van der Waals surface area contributed by atoms with Gasteiger partial charge in [0, 0.05) is 44.4 Å². The van der Waals surface area contributed by atoms with E-state index in [1.165, 1.54) is 0 Å². The van der Waals surface area contributed by atoms with Crippen molar-refractivity contribution in [3.63, 3.8) is 0 Å². The van der Waals surface area contributed by atoms with Crippen LogP contribution in [0.1, 0.15) is 0 Å². The predicted octanol–water partition coefficient (Wildman–Crippen LogP) is 16.1. The maximum atomic E-state index is 7.06. The summed E-state index contributed by atoms with van der Waals surface area (Å²) in [6, 6.07) is 81.0. The van der Waals surface area contributed by atoms with Crippen molar-refractivity contribution >= 4 is 33.3 Å². The van der Waals surface area contributed by atoms with E-state index in [1.54, 1.807) is 0 Å². The molecule has 63 heavy (non-hydrogen) atoms. The topological polar surface area (TPSA) is 65.2 Å². The lowest BCUT2D eigenvalue weighted by Gasteiger charge is -2.16. The minimum Gasteiger partial charge on any atom is -0.456 e. The zero-order valence-electron chi connectivity index (χ0n) is 34.5. The van der Waals surface area contributed by atoms with Gasteiger partial charge in [-0.15, -0.1) is 0 Å². The van der Waals surface area contributed by atoms with Crippen molar-refractivity contribution in [2.45, 2.75) is 0 Å². The van der Waals surface area contributed by atoms with E-state index in [0.717, 1.165) is 122 Å². The van der Waals surface area contributed by atoms with Gasteiger partial charge in [-0.1, -0.05) is 170 Å². The van der Waals surface area contributed by atoms with Crippen LogP contribution >= 0.6 is 0 Å². The van der Waals surface area contributed by atoms with Gasteiger partial charge in [-0.2, -0.15) is 0 Å². The molecule has 10 aromatic carbocycles. The molecule has 0 saturated carbocycles. The van der Waals surface area contributed by atoms with Gasteiger partial charge in [0.05, 0.1) is 0 Å². The first kappa shape index (κ1) is 37.6. The second-order valence-electron chi connectivity index (χ2n) is 16.1. The number of hydrogen-bond donors (Lipinski definition) is 2. The molecule has 0 aliphatic heterocycles. The van der Waals surface area contributed by atoms with E-state index >= 15 is 0 Å². The monoisotopic (exact) mass is 806 g/mol. The van der Waals surface area contributed by atoms with Gasteiger partial charge in [-0.05, 0) is 127 Å². The molecule has 0 aliphatic rings. The van der Waals surface area contributed by atoms with Crippen LogP contribution in [-0.4, -0.2) is 0 Å². The van der Waals surface area contributed by atoms with E-state index in [-0.39, 0.29) is 0 Å². The first-order valence-electron chi connectivity index (χ1n) is 21.3. The molecule has 1 aromatic heterocycles. The highest BCUT2D eigenvalue weighted by atomic mass is 16.3. The fourth-order valence-electron chi connectivity index (χ4n) is 8.96. The van der Waals surface area contributed by atoms with E-state index < -0.39 is 0 Å². The van der Waals surface area contributed by atoms with Gasteiger partial charge in [0.2, 0.25) is 0 Å². The van der Waals surface area contributed by atoms with Crippen molar-refractivity contribution in [1.82, 2.24) is 0 Å². The van der Waals surface area contributed by atoms with E-state index in [0.29, 0.717) is 0 Å². The van der Waals surface area contributed by atoms with Crippen molar-refractivity contribution in [2.75, 3.05) is 11.5 Å². The second-order valence-corrected chi connectivity index (χ2v) is 16.1. The minimum absolute atomic E-state index is 0.758. The average molecular weight is 807 g/mol. The third-order valence-corrected chi connectivity index (χ3v) is 12.2. The summed E-state index contributed by atoms with van der Waals surface area (Å²) in [6.45, 7) is 0. The molecule has 3 nitrogen and oxygen atoms in total. The van der Waals surface area contributed by atoms with Gasteiger partial charge in [-0.25, -0.2) is 0 Å². The number of fused-ring (bicyclic) bond motifs is 3. The van der Waals surface area contributed by atoms with Crippen molar-refractivity contribution < 1.29 is 4.42 Å². The number of anilines is 2. The molecule has 0 amide bonds. The molecule has 0 radical (unpaired) electrons. The van der Waals surface area contributed by atoms with E-state index in [1.807, 2.05) is 24.3 Å². The molecule has 3 heteroatoms. The summed E-state index contributed by atoms with van der Waals surface area (Å²) in [6.07, 6.45) is 0. The summed E-state index contributed by atoms with van der Waals surface area (Å²) in [7, 11) is 0. The highest BCUT2D eigenvalue weighted by Crippen LogP contribution is 2.43. The quantitative estimate of drug-likeness (QED) is 0.150. The Kier molecular flexibility index (Phi) is 9.48. The molecule has 298 valence electrons. The van der Waals surface area contributed by atoms with Crippen LogP contribution in [0.2, 0.25) is 0 Å². The molecule has 0 atom stereocenters. The van der Waals surface area contributed by atoms with Crippen molar-refractivity contribution in [1.29, 1.82) is 0 Å². The molecule has 0 unspecified atom stereocenters. The summed E-state index contributed by atoms with van der Waals surface area (Å²) in [5, 5.41) is 2.13. The van der Waals surface area contributed by atoms with Crippen LogP contribution in [0.5, 0.6) is 0 Å². The van der Waals surface area contributed by atoms with E-state index in [4.69, 9.17) is 15.9 Å². The van der Waals surface area contributed by atoms with E-state index in [9.17, 15) is 0 Å². The zero-order chi connectivity index (χ0) is 42.3. The van der Waals surface area contributed by atoms with Crippen LogP contribution in [0.15, 0.2) is 235 Å². The van der Waals surface area contributed by atoms with Crippen molar-refractivity contribution in [3.8, 4) is 89.0 Å². The second kappa shape index (κ2) is 15.9. The van der Waals surface area contributed by atoms with Crippen molar-refractivity contribution in [2.24, 2.45) is 0 Å². The van der Waals surface area contributed by atoms with Crippen LogP contribution in [0.4, 0.5) is 11.4 Å². The van der Waals surface area contributed by atoms with Crippen LogP contribution in [0.3, 0.4) is 0 Å². The zero-order valence-corrected chi connectivity index (χ0v) is 34.5. The number of furan rings is 1. The van der Waals surface area contributed by atoms with Gasteiger partial charge in [-0.3, -0.25) is 0 Å². The SMILES string of the molecule is Nc1c(-c2ccccc2)cc(-c2ccccc2)cc1-c1cccc(-c2ccc3oc4ccc(-c5cccc(-c6cc(-c7ccccc7)cc(-c7ccccc7)c6N)c5)cc4c3c2)c1. The normalized spacial score (nSPS) is 11.3. The van der Waals surface area contributed by atoms with Crippen LogP contribution in [0, 0.1) is 0 Å². The Morgan fingerprint density at radius 2 is 0.524 bits per heavy atom. The minimum atomic E-state index is 0.758. The number of benzene rings is 10. The molecule has 4 N–H and O–H groups in total. The third-order valence-electron chi connectivity index (χ3n) is 12.2. The first-order chi connectivity index (χ1) is 31.0. The molecular weight excluding hydrogens is 765 g/mol. The lowest BCUT2D eigenvalue weighted by atomic mass is 9.90. The lowest BCUT2D eigenvalue weighted by molar-refractivity contribution is 0.669. The van der Waals surface area contributed by atoms with Gasteiger partial charge in [0.1, 0.15) is 11.2 Å². The van der Waals surface area contributed by atoms with Gasteiger partial charge < -0.3 is 15.9 Å². The maximum absolute atomic E-state index is 7.06. The molecule has 0 fully saturated rings. The highest BCUT2D eigenvalue weighted by Gasteiger charge is 2.17. The van der Waals surface area contributed by atoms with Gasteiger partial charge in [0.15, 0.2) is 0 Å². The molecule has 1 heterocycles. The van der Waals surface area contributed by atoms with Gasteiger partial charge >= 0.3 is 0 Å². The molecule has 0 saturated heterocycles. The molecule has 0 aliphatic carbocycles. The predicted molar refractivity (Wildman–Crippen MR) is 266 cm³/mol. The Hall–Kier alpha value is -8.40. The Balaban J connectivity index is 0.980. The fraction of sp³-hybridized carbons (Fsp3) is 0. The van der Waals surface area contributed by atoms with E-state index in [2.05, 4.69) is 206 Å². The summed E-state index contributed by atoms with van der Waals surface area (Å²) >= 11 is 0. The summed E-state index contributed by atoms with van der Waals surface area (Å²) < 4.78 is 6.44. The Morgan fingerprint density at radius 3 is 0.905 bits per heavy atom. The Morgan fingerprint density at radius 1 is 0.222 bits per heavy atom. The largest absolute Gasteiger partial charge is 0.456 e. The molecule has 0 bridgehead atoms. The van der Waals surface area contributed by atoms with Gasteiger partial charge in [0.25, 0.3) is 0 Å². The fourth-order valence-corrected chi connectivity index (χ4v) is 8.96. The number of hydrogen-bond acceptors (Lipinski definition) is 3. The summed E-state index contributed by atoms with van der Waals surface area (Å²) in [4.78, 5) is 0. The maximum Gasteiger partial charge on any atom is 0.135 e. The number of rotatable bonds is 8. The van der Waals surface area contributed by atoms with Crippen molar-refractivity contribution in [3.05, 3.63) is 231 Å². The number of nitrogens with two attached hydrogens (primary N) is 2. The Bertz CT molecular complexity index is 3220. The Labute approximate surface area is 367 Å². The summed E-state index contributed by atoms with van der Waals surface area (Å²) in [5.74, 6) is 0. The van der Waals surface area contributed by atoms with Crippen LogP contribution in [-0.2, 0) is 0 Å². The highest BCUT2D eigenvalue weighted by molar-refractivity contribution is 6.08. The standard InChI is InChI=1S/C60H42N2O/c61-59-51(41-19-9-3-10-20-41)35-49(39-15-5-1-6-16-39)37-53(59)47-25-13-23-43(31-47)45-27-29-57-55(33-45)56-34-46(28-30-58(56)63-57)44-24-14-26-48(32-44)54-38-50(40-17-7-2-8-18-40)36-52(60(54)62)42-21-11-4-12-22-42/h1-38H,61-62H2. The summed E-state index contributed by atoms with van der Waals surface area (Å²) in [5.41, 5.74) is 34.6. The first-order valence-corrected chi connectivity index (χ1v) is 21.3. The smallest absolute Gasteiger partial charge is 0.135 e. The third kappa shape index (κ3) is 7.12. The number of nitrogen functional groups attached to an aromatic ring is 2. The average Bonchev–Trinajstić information content (AvgIpc) is 3.72. The molecule has 11 rings (SSSR count).